The van der Waals surface area contributed by atoms with Crippen LogP contribution in [0.2, 0.25) is 0 Å². The van der Waals surface area contributed by atoms with Crippen molar-refractivity contribution in [1.82, 2.24) is 14.6 Å². The third kappa shape index (κ3) is 4.97. The van der Waals surface area contributed by atoms with Crippen molar-refractivity contribution in [3.63, 3.8) is 0 Å². The second-order valence-electron chi connectivity index (χ2n) is 6.69. The molecule has 3 rings (SSSR count). The van der Waals surface area contributed by atoms with E-state index in [2.05, 4.69) is 14.6 Å². The Bertz CT molecular complexity index is 697. The van der Waals surface area contributed by atoms with Crippen LogP contribution in [-0.4, -0.2) is 57.9 Å². The number of aromatic nitrogens is 1. The molecule has 9 heteroatoms. The SMILES string of the molecule is COc1ccnc(CN2C[C@H](NS(C)(=O)=O)[C@@H](C3CC3)C2)c1OC.Cl. The molecule has 0 unspecified atom stereocenters. The number of hydrogen-bond donors (Lipinski definition) is 1. The Morgan fingerprint density at radius 2 is 2.00 bits per heavy atom. The van der Waals surface area contributed by atoms with Crippen LogP contribution in [-0.2, 0) is 16.6 Å². The van der Waals surface area contributed by atoms with E-state index in [-0.39, 0.29) is 18.4 Å². The van der Waals surface area contributed by atoms with Crippen molar-refractivity contribution in [1.29, 1.82) is 0 Å². The average Bonchev–Trinajstić information content (AvgIpc) is 3.29. The number of halogens is 1. The van der Waals surface area contributed by atoms with Gasteiger partial charge in [-0.2, -0.15) is 0 Å². The molecule has 2 aliphatic rings. The maximum absolute atomic E-state index is 11.6. The van der Waals surface area contributed by atoms with Crippen LogP contribution < -0.4 is 14.2 Å². The molecule has 2 atom stereocenters. The summed E-state index contributed by atoms with van der Waals surface area (Å²) in [6.45, 7) is 2.18. The minimum atomic E-state index is -3.20. The van der Waals surface area contributed by atoms with Crippen LogP contribution in [0, 0.1) is 11.8 Å². The molecule has 7 nitrogen and oxygen atoms in total. The summed E-state index contributed by atoms with van der Waals surface area (Å²) in [6, 6.07) is 1.75. The van der Waals surface area contributed by atoms with E-state index in [0.29, 0.717) is 36.4 Å². The maximum Gasteiger partial charge on any atom is 0.209 e. The van der Waals surface area contributed by atoms with Gasteiger partial charge in [-0.25, -0.2) is 13.1 Å². The molecule has 1 N–H and O–H groups in total. The van der Waals surface area contributed by atoms with E-state index in [1.54, 1.807) is 26.5 Å². The smallest absolute Gasteiger partial charge is 0.209 e. The highest BCUT2D eigenvalue weighted by molar-refractivity contribution is 7.88. The molecule has 0 radical (unpaired) electrons. The van der Waals surface area contributed by atoms with Crippen molar-refractivity contribution < 1.29 is 17.9 Å². The Hall–Kier alpha value is -1.09. The molecule has 2 heterocycles. The molecular weight excluding hydrogens is 366 g/mol. The molecular formula is C16H26ClN3O4S. The van der Waals surface area contributed by atoms with Gasteiger partial charge >= 0.3 is 0 Å². The molecule has 1 aromatic rings. The fraction of sp³-hybridized carbons (Fsp3) is 0.688. The lowest BCUT2D eigenvalue weighted by molar-refractivity contribution is 0.292. The topological polar surface area (TPSA) is 80.8 Å². The summed E-state index contributed by atoms with van der Waals surface area (Å²) in [5, 5.41) is 0. The molecule has 1 saturated heterocycles. The van der Waals surface area contributed by atoms with E-state index in [4.69, 9.17) is 9.47 Å². The van der Waals surface area contributed by atoms with Crippen molar-refractivity contribution in [2.24, 2.45) is 11.8 Å². The van der Waals surface area contributed by atoms with Crippen molar-refractivity contribution in [3.05, 3.63) is 18.0 Å². The summed E-state index contributed by atoms with van der Waals surface area (Å²) < 4.78 is 36.9. The van der Waals surface area contributed by atoms with Gasteiger partial charge in [0.2, 0.25) is 10.0 Å². The summed E-state index contributed by atoms with van der Waals surface area (Å²) in [6.07, 6.45) is 5.33. The molecule has 1 aliphatic heterocycles. The fourth-order valence-corrected chi connectivity index (χ4v) is 4.42. The normalized spacial score (nSPS) is 24.0. The molecule has 2 fully saturated rings. The zero-order chi connectivity index (χ0) is 17.3. The number of hydrogen-bond acceptors (Lipinski definition) is 6. The predicted molar refractivity (Wildman–Crippen MR) is 97.8 cm³/mol. The van der Waals surface area contributed by atoms with Crippen LogP contribution in [0.3, 0.4) is 0 Å². The summed E-state index contributed by atoms with van der Waals surface area (Å²) in [7, 11) is 0.00607. The third-order valence-corrected chi connectivity index (χ3v) is 5.50. The molecule has 0 spiro atoms. The largest absolute Gasteiger partial charge is 0.493 e. The van der Waals surface area contributed by atoms with Crippen LogP contribution in [0.25, 0.3) is 0 Å². The Labute approximate surface area is 155 Å². The molecule has 142 valence electrons. The van der Waals surface area contributed by atoms with Crippen molar-refractivity contribution in [2.75, 3.05) is 33.6 Å². The second kappa shape index (κ2) is 8.07. The van der Waals surface area contributed by atoms with Gasteiger partial charge in [0.15, 0.2) is 11.5 Å². The number of rotatable bonds is 7. The second-order valence-corrected chi connectivity index (χ2v) is 8.47. The summed E-state index contributed by atoms with van der Waals surface area (Å²) in [5.41, 5.74) is 0.811. The fourth-order valence-electron chi connectivity index (χ4n) is 3.62. The number of likely N-dealkylation sites (tertiary alicyclic amines) is 1. The first-order valence-electron chi connectivity index (χ1n) is 8.16. The Morgan fingerprint density at radius 1 is 1.28 bits per heavy atom. The Morgan fingerprint density at radius 3 is 2.56 bits per heavy atom. The maximum atomic E-state index is 11.6. The Balaban J connectivity index is 0.00000225. The van der Waals surface area contributed by atoms with Crippen molar-refractivity contribution in [2.45, 2.75) is 25.4 Å². The molecule has 1 aromatic heterocycles. The van der Waals surface area contributed by atoms with Gasteiger partial charge in [0.05, 0.1) is 20.5 Å². The lowest BCUT2D eigenvalue weighted by atomic mass is 9.99. The first-order chi connectivity index (χ1) is 11.4. The molecule has 1 aliphatic carbocycles. The van der Waals surface area contributed by atoms with E-state index in [1.165, 1.54) is 19.1 Å². The van der Waals surface area contributed by atoms with Gasteiger partial charge in [-0.1, -0.05) is 0 Å². The number of ether oxygens (including phenoxy) is 2. The van der Waals surface area contributed by atoms with Crippen LogP contribution in [0.1, 0.15) is 18.5 Å². The monoisotopic (exact) mass is 391 g/mol. The number of pyridine rings is 1. The minimum absolute atomic E-state index is 0. The van der Waals surface area contributed by atoms with E-state index < -0.39 is 10.0 Å². The predicted octanol–water partition coefficient (Wildman–Crippen LogP) is 1.28. The van der Waals surface area contributed by atoms with Crippen molar-refractivity contribution in [3.8, 4) is 11.5 Å². The summed E-state index contributed by atoms with van der Waals surface area (Å²) in [4.78, 5) is 6.67. The van der Waals surface area contributed by atoms with Gasteiger partial charge in [-0.3, -0.25) is 9.88 Å². The van der Waals surface area contributed by atoms with E-state index in [9.17, 15) is 8.42 Å². The molecule has 25 heavy (non-hydrogen) atoms. The number of nitrogens with one attached hydrogen (secondary N) is 1. The van der Waals surface area contributed by atoms with E-state index >= 15 is 0 Å². The highest BCUT2D eigenvalue weighted by Gasteiger charge is 2.43. The van der Waals surface area contributed by atoms with Gasteiger partial charge in [0.25, 0.3) is 0 Å². The number of sulfonamides is 1. The zero-order valence-electron chi connectivity index (χ0n) is 14.8. The first-order valence-corrected chi connectivity index (χ1v) is 10.1. The van der Waals surface area contributed by atoms with Gasteiger partial charge < -0.3 is 9.47 Å². The quantitative estimate of drug-likeness (QED) is 0.754. The van der Waals surface area contributed by atoms with Gasteiger partial charge in [-0.15, -0.1) is 12.4 Å². The number of nitrogens with zero attached hydrogens (tertiary/aromatic N) is 2. The van der Waals surface area contributed by atoms with Crippen LogP contribution in [0.4, 0.5) is 0 Å². The van der Waals surface area contributed by atoms with Gasteiger partial charge in [-0.05, 0) is 24.7 Å². The summed E-state index contributed by atoms with van der Waals surface area (Å²) in [5.74, 6) is 2.31. The number of methoxy groups -OCH3 is 2. The van der Waals surface area contributed by atoms with E-state index in [0.717, 1.165) is 12.2 Å². The standard InChI is InChI=1S/C16H25N3O4S.ClH/c1-22-15-6-7-17-14(16(15)23-2)10-19-8-12(11-4-5-11)13(9-19)18-24(3,20)21;/h6-7,11-13,18H,4-5,8-10H2,1-3H3;1H/t12-,13+;/m1./s1. The Kier molecular flexibility index (Phi) is 6.53. The summed E-state index contributed by atoms with van der Waals surface area (Å²) >= 11 is 0. The van der Waals surface area contributed by atoms with Crippen molar-refractivity contribution >= 4 is 22.4 Å². The molecule has 0 amide bonds. The first kappa shape index (κ1) is 20.2. The molecule has 0 bridgehead atoms. The lowest BCUT2D eigenvalue weighted by Gasteiger charge is -2.18. The third-order valence-electron chi connectivity index (χ3n) is 4.77. The van der Waals surface area contributed by atoms with Crippen LogP contribution in [0.5, 0.6) is 11.5 Å². The zero-order valence-corrected chi connectivity index (χ0v) is 16.4. The highest BCUT2D eigenvalue weighted by Crippen LogP contribution is 2.42. The highest BCUT2D eigenvalue weighted by atomic mass is 35.5. The molecule has 1 saturated carbocycles. The molecule has 0 aromatic carbocycles. The van der Waals surface area contributed by atoms with E-state index in [1.807, 2.05) is 0 Å². The van der Waals surface area contributed by atoms with Gasteiger partial charge in [0, 0.05) is 37.9 Å². The van der Waals surface area contributed by atoms with Crippen LogP contribution in [0.15, 0.2) is 12.3 Å². The van der Waals surface area contributed by atoms with Gasteiger partial charge in [0.1, 0.15) is 5.69 Å². The lowest BCUT2D eigenvalue weighted by Crippen LogP contribution is -2.40. The minimum Gasteiger partial charge on any atom is -0.493 e. The average molecular weight is 392 g/mol. The van der Waals surface area contributed by atoms with Crippen LogP contribution >= 0.6 is 12.4 Å².